The van der Waals surface area contributed by atoms with Crippen LogP contribution in [0.4, 0.5) is 15.8 Å². The molecule has 0 unspecified atom stereocenters. The molecule has 0 aliphatic rings. The minimum absolute atomic E-state index is 0.0792. The summed E-state index contributed by atoms with van der Waals surface area (Å²) in [6, 6.07) is 11.6. The fraction of sp³-hybridized carbons (Fsp3) is 0.188. The Kier molecular flexibility index (Phi) is 4.77. The molecule has 4 nitrogen and oxygen atoms in total. The molecule has 2 aromatic rings. The molecule has 3 N–H and O–H groups in total. The number of benzene rings is 2. The minimum atomic E-state index is -0.517. The molecule has 0 radical (unpaired) electrons. The molecule has 0 bridgehead atoms. The molecule has 2 rings (SSSR count). The van der Waals surface area contributed by atoms with Crippen LogP contribution in [0, 0.1) is 12.7 Å². The predicted octanol–water partition coefficient (Wildman–Crippen LogP) is 3.12. The topological polar surface area (TPSA) is 64.3 Å². The number of nitrogen functional groups attached to an aromatic ring is 1. The first-order valence-electron chi connectivity index (χ1n) is 6.59. The Bertz CT molecular complexity index is 644. The third kappa shape index (κ3) is 4.49. The number of rotatable bonds is 5. The molecular weight excluding hydrogens is 271 g/mol. The monoisotopic (exact) mass is 288 g/mol. The van der Waals surface area contributed by atoms with Crippen molar-refractivity contribution in [2.24, 2.45) is 0 Å². The number of nitrogens with two attached hydrogens (primary N) is 1. The first kappa shape index (κ1) is 14.8. The molecule has 0 aliphatic heterocycles. The number of halogens is 1. The van der Waals surface area contributed by atoms with Gasteiger partial charge in [0.1, 0.15) is 11.6 Å². The van der Waals surface area contributed by atoms with Crippen molar-refractivity contribution in [1.82, 2.24) is 0 Å². The van der Waals surface area contributed by atoms with Crippen molar-refractivity contribution in [3.63, 3.8) is 0 Å². The fourth-order valence-corrected chi connectivity index (χ4v) is 1.82. The lowest BCUT2D eigenvalue weighted by Gasteiger charge is -2.09. The first-order chi connectivity index (χ1) is 10.0. The number of anilines is 2. The SMILES string of the molecule is Cc1cccc(OCCC(=O)Nc2cc(N)ccc2F)c1. The number of ether oxygens (including phenoxy) is 1. The molecular formula is C16H17FN2O2. The van der Waals surface area contributed by atoms with Crippen LogP contribution in [-0.4, -0.2) is 12.5 Å². The Labute approximate surface area is 122 Å². The van der Waals surface area contributed by atoms with Crippen LogP contribution in [0.15, 0.2) is 42.5 Å². The highest BCUT2D eigenvalue weighted by molar-refractivity contribution is 5.91. The van der Waals surface area contributed by atoms with Crippen molar-refractivity contribution in [2.45, 2.75) is 13.3 Å². The van der Waals surface area contributed by atoms with E-state index < -0.39 is 5.82 Å². The summed E-state index contributed by atoms with van der Waals surface area (Å²) < 4.78 is 18.9. The maximum atomic E-state index is 13.5. The Morgan fingerprint density at radius 2 is 2.10 bits per heavy atom. The van der Waals surface area contributed by atoms with E-state index in [1.807, 2.05) is 31.2 Å². The van der Waals surface area contributed by atoms with Crippen molar-refractivity contribution in [3.8, 4) is 5.75 Å². The van der Waals surface area contributed by atoms with Gasteiger partial charge in [0.05, 0.1) is 18.7 Å². The van der Waals surface area contributed by atoms with E-state index in [1.54, 1.807) is 0 Å². The van der Waals surface area contributed by atoms with Gasteiger partial charge in [-0.15, -0.1) is 0 Å². The molecule has 5 heteroatoms. The number of carbonyl (C=O) groups excluding carboxylic acids is 1. The maximum Gasteiger partial charge on any atom is 0.227 e. The second kappa shape index (κ2) is 6.74. The average molecular weight is 288 g/mol. The van der Waals surface area contributed by atoms with E-state index in [0.717, 1.165) is 5.56 Å². The Balaban J connectivity index is 1.84. The number of hydrogen-bond acceptors (Lipinski definition) is 3. The van der Waals surface area contributed by atoms with Crippen LogP contribution in [-0.2, 0) is 4.79 Å². The summed E-state index contributed by atoms with van der Waals surface area (Å²) in [5.74, 6) is -0.137. The van der Waals surface area contributed by atoms with E-state index in [1.165, 1.54) is 18.2 Å². The van der Waals surface area contributed by atoms with E-state index in [4.69, 9.17) is 10.5 Å². The quantitative estimate of drug-likeness (QED) is 0.831. The third-order valence-electron chi connectivity index (χ3n) is 2.85. The summed E-state index contributed by atoms with van der Waals surface area (Å²) in [5, 5.41) is 2.47. The molecule has 2 aromatic carbocycles. The van der Waals surface area contributed by atoms with Gasteiger partial charge >= 0.3 is 0 Å². The summed E-state index contributed by atoms with van der Waals surface area (Å²) in [6.07, 6.45) is 0.127. The van der Waals surface area contributed by atoms with Gasteiger partial charge < -0.3 is 15.8 Å². The Hall–Kier alpha value is -2.56. The van der Waals surface area contributed by atoms with Gasteiger partial charge in [-0.2, -0.15) is 0 Å². The van der Waals surface area contributed by atoms with Gasteiger partial charge in [-0.1, -0.05) is 12.1 Å². The summed E-state index contributed by atoms with van der Waals surface area (Å²) in [4.78, 5) is 11.7. The van der Waals surface area contributed by atoms with Crippen LogP contribution >= 0.6 is 0 Å². The molecule has 1 amide bonds. The highest BCUT2D eigenvalue weighted by Crippen LogP contribution is 2.17. The van der Waals surface area contributed by atoms with Crippen LogP contribution in [0.5, 0.6) is 5.75 Å². The van der Waals surface area contributed by atoms with Crippen LogP contribution in [0.1, 0.15) is 12.0 Å². The van der Waals surface area contributed by atoms with Crippen molar-refractivity contribution < 1.29 is 13.9 Å². The number of nitrogens with one attached hydrogen (secondary N) is 1. The molecule has 0 atom stereocenters. The molecule has 0 aliphatic carbocycles. The maximum absolute atomic E-state index is 13.5. The minimum Gasteiger partial charge on any atom is -0.493 e. The zero-order chi connectivity index (χ0) is 15.2. The highest BCUT2D eigenvalue weighted by Gasteiger charge is 2.07. The van der Waals surface area contributed by atoms with Crippen LogP contribution in [0.3, 0.4) is 0 Å². The van der Waals surface area contributed by atoms with E-state index in [-0.39, 0.29) is 24.6 Å². The zero-order valence-electron chi connectivity index (χ0n) is 11.7. The van der Waals surface area contributed by atoms with Crippen molar-refractivity contribution in [2.75, 3.05) is 17.7 Å². The van der Waals surface area contributed by atoms with Crippen LogP contribution < -0.4 is 15.8 Å². The molecule has 21 heavy (non-hydrogen) atoms. The summed E-state index contributed by atoms with van der Waals surface area (Å²) in [7, 11) is 0. The predicted molar refractivity (Wildman–Crippen MR) is 80.7 cm³/mol. The number of aryl methyl sites for hydroxylation is 1. The average Bonchev–Trinajstić information content (AvgIpc) is 2.43. The van der Waals surface area contributed by atoms with Gasteiger partial charge in [-0.3, -0.25) is 4.79 Å². The van der Waals surface area contributed by atoms with Gasteiger partial charge in [-0.25, -0.2) is 4.39 Å². The number of amides is 1. The lowest BCUT2D eigenvalue weighted by molar-refractivity contribution is -0.116. The molecule has 0 spiro atoms. The third-order valence-corrected chi connectivity index (χ3v) is 2.85. The van der Waals surface area contributed by atoms with E-state index in [2.05, 4.69) is 5.32 Å². The van der Waals surface area contributed by atoms with Crippen LogP contribution in [0.2, 0.25) is 0 Å². The molecule has 0 heterocycles. The van der Waals surface area contributed by atoms with Gasteiger partial charge in [0.25, 0.3) is 0 Å². The molecule has 0 aromatic heterocycles. The zero-order valence-corrected chi connectivity index (χ0v) is 11.7. The van der Waals surface area contributed by atoms with Gasteiger partial charge in [0.15, 0.2) is 0 Å². The molecule has 0 saturated heterocycles. The summed E-state index contributed by atoms with van der Waals surface area (Å²) >= 11 is 0. The smallest absolute Gasteiger partial charge is 0.227 e. The van der Waals surface area contributed by atoms with E-state index in [9.17, 15) is 9.18 Å². The largest absolute Gasteiger partial charge is 0.493 e. The Morgan fingerprint density at radius 3 is 2.86 bits per heavy atom. The van der Waals surface area contributed by atoms with Gasteiger partial charge in [0.2, 0.25) is 5.91 Å². The van der Waals surface area contributed by atoms with Crippen molar-refractivity contribution in [3.05, 3.63) is 53.8 Å². The number of carbonyl (C=O) groups is 1. The standard InChI is InChI=1S/C16H17FN2O2/c1-11-3-2-4-13(9-11)21-8-7-16(20)19-15-10-12(18)5-6-14(15)17/h2-6,9-10H,7-8,18H2,1H3,(H,19,20). The fourth-order valence-electron chi connectivity index (χ4n) is 1.82. The first-order valence-corrected chi connectivity index (χ1v) is 6.59. The summed E-state index contributed by atoms with van der Waals surface area (Å²) in [6.45, 7) is 2.18. The highest BCUT2D eigenvalue weighted by atomic mass is 19.1. The van der Waals surface area contributed by atoms with Crippen molar-refractivity contribution in [1.29, 1.82) is 0 Å². The second-order valence-electron chi connectivity index (χ2n) is 4.70. The lowest BCUT2D eigenvalue weighted by atomic mass is 10.2. The number of hydrogen-bond donors (Lipinski definition) is 2. The van der Waals surface area contributed by atoms with Gasteiger partial charge in [-0.05, 0) is 42.8 Å². The van der Waals surface area contributed by atoms with Crippen molar-refractivity contribution >= 4 is 17.3 Å². The van der Waals surface area contributed by atoms with Gasteiger partial charge in [0, 0.05) is 5.69 Å². The molecule has 0 saturated carbocycles. The normalized spacial score (nSPS) is 10.2. The van der Waals surface area contributed by atoms with Crippen LogP contribution in [0.25, 0.3) is 0 Å². The molecule has 0 fully saturated rings. The summed E-state index contributed by atoms with van der Waals surface area (Å²) in [5.41, 5.74) is 7.10. The second-order valence-corrected chi connectivity index (χ2v) is 4.70. The van der Waals surface area contributed by atoms with E-state index >= 15 is 0 Å². The van der Waals surface area contributed by atoms with E-state index in [0.29, 0.717) is 11.4 Å². The Morgan fingerprint density at radius 1 is 1.29 bits per heavy atom. The lowest BCUT2D eigenvalue weighted by Crippen LogP contribution is -2.16. The molecule has 110 valence electrons.